The molecule has 0 radical (unpaired) electrons. The zero-order valence-electron chi connectivity index (χ0n) is 11.2. The number of methoxy groups -OCH3 is 1. The molecule has 104 valence electrons. The van der Waals surface area contributed by atoms with Gasteiger partial charge in [0.1, 0.15) is 5.82 Å². The van der Waals surface area contributed by atoms with Gasteiger partial charge in [-0.05, 0) is 49.1 Å². The van der Waals surface area contributed by atoms with Gasteiger partial charge in [-0.15, -0.1) is 0 Å². The fourth-order valence-corrected chi connectivity index (χ4v) is 2.70. The molecule has 1 aromatic carbocycles. The van der Waals surface area contributed by atoms with Crippen LogP contribution in [0.2, 0.25) is 0 Å². The number of carbonyl (C=O) groups is 1. The second-order valence-electron chi connectivity index (χ2n) is 4.97. The summed E-state index contributed by atoms with van der Waals surface area (Å²) in [7, 11) is 1.42. The first kappa shape index (κ1) is 12.8. The van der Waals surface area contributed by atoms with Crippen LogP contribution in [0.15, 0.2) is 30.5 Å². The Bertz CT molecular complexity index is 634. The van der Waals surface area contributed by atoms with Crippen LogP contribution in [0.5, 0.6) is 0 Å². The highest BCUT2D eigenvalue weighted by atomic mass is 19.1. The van der Waals surface area contributed by atoms with E-state index >= 15 is 0 Å². The number of aromatic nitrogens is 2. The molecule has 3 rings (SSSR count). The zero-order valence-corrected chi connectivity index (χ0v) is 11.2. The first-order valence-electron chi connectivity index (χ1n) is 6.58. The molecule has 1 heterocycles. The van der Waals surface area contributed by atoms with Crippen molar-refractivity contribution >= 4 is 5.97 Å². The molecule has 0 fully saturated rings. The molecule has 1 aliphatic carbocycles. The topological polar surface area (TPSA) is 44.1 Å². The van der Waals surface area contributed by atoms with E-state index in [-0.39, 0.29) is 17.7 Å². The number of rotatable bonds is 2. The zero-order chi connectivity index (χ0) is 14.1. The smallest absolute Gasteiger partial charge is 0.309 e. The average molecular weight is 274 g/mol. The van der Waals surface area contributed by atoms with Crippen LogP contribution >= 0.6 is 0 Å². The number of carbonyl (C=O) groups excluding carboxylic acids is 1. The van der Waals surface area contributed by atoms with E-state index in [9.17, 15) is 9.18 Å². The number of benzene rings is 1. The van der Waals surface area contributed by atoms with Gasteiger partial charge in [0, 0.05) is 5.69 Å². The number of esters is 1. The Morgan fingerprint density at radius 2 is 2.15 bits per heavy atom. The molecule has 0 N–H and O–H groups in total. The van der Waals surface area contributed by atoms with Gasteiger partial charge in [0.15, 0.2) is 0 Å². The third-order valence-electron chi connectivity index (χ3n) is 3.76. The van der Waals surface area contributed by atoms with Gasteiger partial charge in [0.25, 0.3) is 0 Å². The number of ether oxygens (including phenoxy) is 1. The van der Waals surface area contributed by atoms with Crippen molar-refractivity contribution in [1.82, 2.24) is 9.78 Å². The van der Waals surface area contributed by atoms with Gasteiger partial charge in [0.05, 0.1) is 24.9 Å². The molecule has 0 aliphatic heterocycles. The highest BCUT2D eigenvalue weighted by Gasteiger charge is 2.28. The Morgan fingerprint density at radius 3 is 2.85 bits per heavy atom. The Labute approximate surface area is 116 Å². The summed E-state index contributed by atoms with van der Waals surface area (Å²) < 4.78 is 19.6. The second-order valence-corrected chi connectivity index (χ2v) is 4.97. The number of halogens is 1. The van der Waals surface area contributed by atoms with Crippen LogP contribution in [0.25, 0.3) is 5.69 Å². The molecule has 20 heavy (non-hydrogen) atoms. The minimum atomic E-state index is -0.263. The van der Waals surface area contributed by atoms with Crippen LogP contribution in [0.4, 0.5) is 4.39 Å². The first-order chi connectivity index (χ1) is 9.69. The third kappa shape index (κ3) is 2.19. The predicted molar refractivity (Wildman–Crippen MR) is 71.1 cm³/mol. The highest BCUT2D eigenvalue weighted by Crippen LogP contribution is 2.28. The van der Waals surface area contributed by atoms with Gasteiger partial charge in [-0.2, -0.15) is 5.10 Å². The Kier molecular flexibility index (Phi) is 3.26. The quantitative estimate of drug-likeness (QED) is 0.789. The summed E-state index contributed by atoms with van der Waals surface area (Å²) in [5.74, 6) is -0.510. The maximum absolute atomic E-state index is 13.0. The standard InChI is InChI=1S/C15H15FN2O2/c1-20-15(19)10-2-7-14-11(8-10)9-17-18(14)13-5-3-12(16)4-6-13/h3-6,9-10H,2,7-8H2,1H3/t10-/m1/s1. The molecule has 4 nitrogen and oxygen atoms in total. The number of fused-ring (bicyclic) bond motifs is 1. The van der Waals surface area contributed by atoms with Crippen LogP contribution in [-0.4, -0.2) is 22.9 Å². The number of hydrogen-bond donors (Lipinski definition) is 0. The maximum Gasteiger partial charge on any atom is 0.309 e. The molecule has 0 amide bonds. The van der Waals surface area contributed by atoms with Crippen LogP contribution in [0, 0.1) is 11.7 Å². The van der Waals surface area contributed by atoms with Gasteiger partial charge in [-0.1, -0.05) is 0 Å². The lowest BCUT2D eigenvalue weighted by molar-refractivity contribution is -0.145. The summed E-state index contributed by atoms with van der Waals surface area (Å²) in [5.41, 5.74) is 3.00. The molecule has 1 atom stereocenters. The molecule has 5 heteroatoms. The van der Waals surface area contributed by atoms with Gasteiger partial charge in [0.2, 0.25) is 0 Å². The fourth-order valence-electron chi connectivity index (χ4n) is 2.70. The van der Waals surface area contributed by atoms with E-state index in [0.717, 1.165) is 29.8 Å². The van der Waals surface area contributed by atoms with Crippen LogP contribution < -0.4 is 0 Å². The molecular weight excluding hydrogens is 259 g/mol. The van der Waals surface area contributed by atoms with Crippen molar-refractivity contribution in [1.29, 1.82) is 0 Å². The van der Waals surface area contributed by atoms with E-state index in [1.807, 2.05) is 4.68 Å². The maximum atomic E-state index is 13.0. The van der Waals surface area contributed by atoms with Gasteiger partial charge < -0.3 is 4.74 Å². The monoisotopic (exact) mass is 274 g/mol. The third-order valence-corrected chi connectivity index (χ3v) is 3.76. The Hall–Kier alpha value is -2.17. The lowest BCUT2D eigenvalue weighted by Gasteiger charge is -2.20. The summed E-state index contributed by atoms with van der Waals surface area (Å²) >= 11 is 0. The minimum Gasteiger partial charge on any atom is -0.469 e. The molecule has 0 saturated carbocycles. The minimum absolute atomic E-state index is 0.0848. The van der Waals surface area contributed by atoms with E-state index in [1.54, 1.807) is 18.3 Å². The normalized spacial score (nSPS) is 17.6. The molecule has 0 saturated heterocycles. The molecular formula is C15H15FN2O2. The van der Waals surface area contributed by atoms with E-state index in [4.69, 9.17) is 4.74 Å². The van der Waals surface area contributed by atoms with Crippen LogP contribution in [-0.2, 0) is 22.4 Å². The largest absolute Gasteiger partial charge is 0.469 e. The van der Waals surface area contributed by atoms with E-state index in [2.05, 4.69) is 5.10 Å². The van der Waals surface area contributed by atoms with Crippen molar-refractivity contribution in [2.45, 2.75) is 19.3 Å². The van der Waals surface area contributed by atoms with E-state index in [1.165, 1.54) is 19.2 Å². The predicted octanol–water partition coefficient (Wildman–Crippen LogP) is 2.29. The molecule has 1 aliphatic rings. The van der Waals surface area contributed by atoms with E-state index < -0.39 is 0 Å². The lowest BCUT2D eigenvalue weighted by atomic mass is 9.88. The average Bonchev–Trinajstić information content (AvgIpc) is 2.90. The summed E-state index contributed by atoms with van der Waals surface area (Å²) in [6, 6.07) is 6.25. The van der Waals surface area contributed by atoms with Crippen LogP contribution in [0.3, 0.4) is 0 Å². The van der Waals surface area contributed by atoms with Crippen LogP contribution in [0.1, 0.15) is 17.7 Å². The Morgan fingerprint density at radius 1 is 1.40 bits per heavy atom. The van der Waals surface area contributed by atoms with Crippen molar-refractivity contribution in [2.24, 2.45) is 5.92 Å². The first-order valence-corrected chi connectivity index (χ1v) is 6.58. The fraction of sp³-hybridized carbons (Fsp3) is 0.333. The van der Waals surface area contributed by atoms with Crippen molar-refractivity contribution in [2.75, 3.05) is 7.11 Å². The Balaban J connectivity index is 1.90. The van der Waals surface area contributed by atoms with Crippen molar-refractivity contribution in [3.8, 4) is 5.69 Å². The summed E-state index contributed by atoms with van der Waals surface area (Å²) in [6.07, 6.45) is 3.97. The summed E-state index contributed by atoms with van der Waals surface area (Å²) in [4.78, 5) is 11.6. The molecule has 0 bridgehead atoms. The number of hydrogen-bond acceptors (Lipinski definition) is 3. The molecule has 0 spiro atoms. The molecule has 0 unspecified atom stereocenters. The SMILES string of the molecule is COC(=O)[C@@H]1CCc2c(cnn2-c2ccc(F)cc2)C1. The van der Waals surface area contributed by atoms with Gasteiger partial charge in [-0.25, -0.2) is 9.07 Å². The molecule has 2 aromatic rings. The second kappa shape index (κ2) is 5.07. The van der Waals surface area contributed by atoms with Crippen molar-refractivity contribution in [3.63, 3.8) is 0 Å². The van der Waals surface area contributed by atoms with E-state index in [0.29, 0.717) is 6.42 Å². The molecule has 1 aromatic heterocycles. The van der Waals surface area contributed by atoms with Crippen molar-refractivity contribution in [3.05, 3.63) is 47.5 Å². The van der Waals surface area contributed by atoms with Gasteiger partial charge >= 0.3 is 5.97 Å². The highest BCUT2D eigenvalue weighted by molar-refractivity contribution is 5.73. The summed E-state index contributed by atoms with van der Waals surface area (Å²) in [5, 5.41) is 4.36. The van der Waals surface area contributed by atoms with Crippen molar-refractivity contribution < 1.29 is 13.9 Å². The van der Waals surface area contributed by atoms with Gasteiger partial charge in [-0.3, -0.25) is 4.79 Å². The summed E-state index contributed by atoms with van der Waals surface area (Å²) in [6.45, 7) is 0. The lowest BCUT2D eigenvalue weighted by Crippen LogP contribution is -2.24. The number of nitrogens with zero attached hydrogens (tertiary/aromatic N) is 2.